The van der Waals surface area contributed by atoms with Gasteiger partial charge < -0.3 is 25.0 Å². The van der Waals surface area contributed by atoms with Crippen LogP contribution in [0.15, 0.2) is 53.5 Å². The number of nitrogens with zero attached hydrogens (tertiary/aromatic N) is 2. The number of amides is 1. The van der Waals surface area contributed by atoms with Gasteiger partial charge in [0.1, 0.15) is 11.9 Å². The minimum atomic E-state index is -0.386. The normalized spacial score (nSPS) is 14.5. The van der Waals surface area contributed by atoms with E-state index in [-0.39, 0.29) is 30.2 Å². The molecule has 0 bridgehead atoms. The molecule has 31 heavy (non-hydrogen) atoms. The van der Waals surface area contributed by atoms with Crippen LogP contribution in [0.2, 0.25) is 0 Å². The molecule has 0 radical (unpaired) electrons. The van der Waals surface area contributed by atoms with Gasteiger partial charge in [-0.25, -0.2) is 9.38 Å². The molecule has 2 aromatic carbocycles. The average Bonchev–Trinajstić information content (AvgIpc) is 2.77. The van der Waals surface area contributed by atoms with Crippen molar-refractivity contribution in [3.63, 3.8) is 0 Å². The van der Waals surface area contributed by atoms with Gasteiger partial charge in [-0.05, 0) is 44.5 Å². The van der Waals surface area contributed by atoms with Crippen LogP contribution in [0.1, 0.15) is 20.3 Å². The molecule has 3 rings (SSSR count). The highest BCUT2D eigenvalue weighted by Crippen LogP contribution is 2.31. The average molecular weight is 429 g/mol. The third kappa shape index (κ3) is 6.34. The number of benzene rings is 2. The smallest absolute Gasteiger partial charge is 0.265 e. The number of hydrogen-bond donors (Lipinski definition) is 2. The van der Waals surface area contributed by atoms with E-state index in [1.165, 1.54) is 6.07 Å². The third-order valence-corrected chi connectivity index (χ3v) is 4.67. The number of aliphatic imine (C=N–C) groups is 1. The predicted octanol–water partition coefficient (Wildman–Crippen LogP) is 2.96. The molecule has 8 heteroatoms. The zero-order valence-corrected chi connectivity index (χ0v) is 17.9. The first kappa shape index (κ1) is 22.4. The molecule has 1 aliphatic rings. The molecule has 0 fully saturated rings. The molecule has 1 atom stereocenters. The van der Waals surface area contributed by atoms with Crippen LogP contribution in [0.3, 0.4) is 0 Å². The number of guanidine groups is 1. The monoisotopic (exact) mass is 428 g/mol. The van der Waals surface area contributed by atoms with Gasteiger partial charge in [-0.15, -0.1) is 0 Å². The zero-order valence-electron chi connectivity index (χ0n) is 17.9. The van der Waals surface area contributed by atoms with Crippen LogP contribution in [-0.2, 0) is 4.79 Å². The molecule has 1 unspecified atom stereocenters. The molecule has 0 saturated carbocycles. The van der Waals surface area contributed by atoms with Crippen LogP contribution < -0.4 is 25.0 Å². The standard InChI is InChI=1S/C23H29FN4O3/c1-3-25-23(27-15-17(2)31-20-11-6-4-9-18(20)24)26-13-8-14-28-19-10-5-7-12-21(19)30-16-22(28)29/h4-7,9-12,17H,3,8,13-16H2,1-2H3,(H2,25,26,27). The minimum Gasteiger partial charge on any atom is -0.486 e. The van der Waals surface area contributed by atoms with Crippen molar-refractivity contribution in [2.45, 2.75) is 26.4 Å². The van der Waals surface area contributed by atoms with Gasteiger partial charge in [0.05, 0.1) is 12.2 Å². The Kier molecular flexibility index (Phi) is 8.09. The van der Waals surface area contributed by atoms with Gasteiger partial charge in [0.15, 0.2) is 24.1 Å². The predicted molar refractivity (Wildman–Crippen MR) is 119 cm³/mol. The number of para-hydroxylation sites is 3. The van der Waals surface area contributed by atoms with E-state index < -0.39 is 0 Å². The van der Waals surface area contributed by atoms with Gasteiger partial charge in [0.2, 0.25) is 0 Å². The number of hydrogen-bond acceptors (Lipinski definition) is 4. The zero-order chi connectivity index (χ0) is 22.1. The molecule has 166 valence electrons. The maximum Gasteiger partial charge on any atom is 0.265 e. The van der Waals surface area contributed by atoms with Crippen molar-refractivity contribution in [1.82, 2.24) is 10.6 Å². The Balaban J connectivity index is 1.48. The largest absolute Gasteiger partial charge is 0.486 e. The summed E-state index contributed by atoms with van der Waals surface area (Å²) >= 11 is 0. The van der Waals surface area contributed by atoms with Gasteiger partial charge in [0, 0.05) is 19.6 Å². The number of fused-ring (bicyclic) bond motifs is 1. The fraction of sp³-hybridized carbons (Fsp3) is 0.391. The van der Waals surface area contributed by atoms with Gasteiger partial charge in [-0.3, -0.25) is 4.79 Å². The van der Waals surface area contributed by atoms with Crippen molar-refractivity contribution in [1.29, 1.82) is 0 Å². The number of halogens is 1. The fourth-order valence-electron chi connectivity index (χ4n) is 3.20. The molecule has 7 nitrogen and oxygen atoms in total. The molecule has 1 amide bonds. The van der Waals surface area contributed by atoms with E-state index in [0.29, 0.717) is 32.1 Å². The van der Waals surface area contributed by atoms with Crippen LogP contribution >= 0.6 is 0 Å². The topological polar surface area (TPSA) is 75.2 Å². The van der Waals surface area contributed by atoms with Crippen LogP contribution in [0.5, 0.6) is 11.5 Å². The molecule has 0 saturated heterocycles. The summed E-state index contributed by atoms with van der Waals surface area (Å²) in [6.07, 6.45) is 0.459. The summed E-state index contributed by atoms with van der Waals surface area (Å²) in [5.41, 5.74) is 0.804. The number of carbonyl (C=O) groups excluding carboxylic acids is 1. The van der Waals surface area contributed by atoms with E-state index in [1.807, 2.05) is 38.1 Å². The first-order chi connectivity index (χ1) is 15.1. The number of ether oxygens (including phenoxy) is 2. The summed E-state index contributed by atoms with van der Waals surface area (Å²) in [5.74, 6) is 1.17. The molecule has 0 spiro atoms. The summed E-state index contributed by atoms with van der Waals surface area (Å²) in [5, 5.41) is 6.45. The SMILES string of the molecule is CCNC(=NCC(C)Oc1ccccc1F)NCCCN1C(=O)COc2ccccc21. The van der Waals surface area contributed by atoms with E-state index >= 15 is 0 Å². The molecular formula is C23H29FN4O3. The Bertz CT molecular complexity index is 906. The van der Waals surface area contributed by atoms with Gasteiger partial charge in [-0.2, -0.15) is 0 Å². The molecular weight excluding hydrogens is 399 g/mol. The number of nitrogens with one attached hydrogen (secondary N) is 2. The summed E-state index contributed by atoms with van der Waals surface area (Å²) in [6.45, 7) is 6.21. The molecule has 2 N–H and O–H groups in total. The highest BCUT2D eigenvalue weighted by atomic mass is 19.1. The Hall–Kier alpha value is -3.29. The quantitative estimate of drug-likeness (QED) is 0.365. The maximum atomic E-state index is 13.7. The van der Waals surface area contributed by atoms with Crippen molar-refractivity contribution in [2.75, 3.05) is 37.7 Å². The van der Waals surface area contributed by atoms with Crippen LogP contribution in [-0.4, -0.2) is 50.8 Å². The fourth-order valence-corrected chi connectivity index (χ4v) is 3.20. The molecule has 1 aliphatic heterocycles. The van der Waals surface area contributed by atoms with E-state index in [2.05, 4.69) is 15.6 Å². The lowest BCUT2D eigenvalue weighted by atomic mass is 10.2. The number of anilines is 1. The molecule has 0 aliphatic carbocycles. The minimum absolute atomic E-state index is 0.0432. The maximum absolute atomic E-state index is 13.7. The van der Waals surface area contributed by atoms with E-state index in [0.717, 1.165) is 17.9 Å². The van der Waals surface area contributed by atoms with Crippen molar-refractivity contribution >= 4 is 17.6 Å². The number of carbonyl (C=O) groups is 1. The Morgan fingerprint density at radius 1 is 1.23 bits per heavy atom. The summed E-state index contributed by atoms with van der Waals surface area (Å²) in [4.78, 5) is 18.5. The summed E-state index contributed by atoms with van der Waals surface area (Å²) < 4.78 is 24.8. The lowest BCUT2D eigenvalue weighted by Crippen LogP contribution is -2.42. The Morgan fingerprint density at radius 3 is 2.81 bits per heavy atom. The second-order valence-corrected chi connectivity index (χ2v) is 7.16. The van der Waals surface area contributed by atoms with Crippen molar-refractivity contribution in [3.05, 3.63) is 54.3 Å². The highest BCUT2D eigenvalue weighted by molar-refractivity contribution is 5.97. The van der Waals surface area contributed by atoms with Crippen molar-refractivity contribution in [3.8, 4) is 11.5 Å². The number of rotatable bonds is 9. The van der Waals surface area contributed by atoms with Crippen LogP contribution in [0.25, 0.3) is 0 Å². The summed E-state index contributed by atoms with van der Waals surface area (Å²) in [7, 11) is 0. The molecule has 0 aromatic heterocycles. The van der Waals surface area contributed by atoms with Crippen LogP contribution in [0.4, 0.5) is 10.1 Å². The van der Waals surface area contributed by atoms with Crippen molar-refractivity contribution in [2.24, 2.45) is 4.99 Å². The second-order valence-electron chi connectivity index (χ2n) is 7.16. The van der Waals surface area contributed by atoms with Gasteiger partial charge in [0.25, 0.3) is 5.91 Å². The van der Waals surface area contributed by atoms with Crippen LogP contribution in [0, 0.1) is 5.82 Å². The Labute approximate surface area is 182 Å². The lowest BCUT2D eigenvalue weighted by molar-refractivity contribution is -0.121. The molecule has 1 heterocycles. The second kappa shape index (κ2) is 11.2. The Morgan fingerprint density at radius 2 is 2.00 bits per heavy atom. The summed E-state index contributed by atoms with van der Waals surface area (Å²) in [6, 6.07) is 13.9. The van der Waals surface area contributed by atoms with E-state index in [4.69, 9.17) is 9.47 Å². The first-order valence-electron chi connectivity index (χ1n) is 10.5. The van der Waals surface area contributed by atoms with E-state index in [9.17, 15) is 9.18 Å². The molecule has 2 aromatic rings. The van der Waals surface area contributed by atoms with Gasteiger partial charge in [-0.1, -0.05) is 24.3 Å². The highest BCUT2D eigenvalue weighted by Gasteiger charge is 2.24. The first-order valence-corrected chi connectivity index (χ1v) is 10.5. The van der Waals surface area contributed by atoms with E-state index in [1.54, 1.807) is 23.1 Å². The lowest BCUT2D eigenvalue weighted by Gasteiger charge is -2.29. The third-order valence-electron chi connectivity index (χ3n) is 4.67. The van der Waals surface area contributed by atoms with Crippen molar-refractivity contribution < 1.29 is 18.7 Å². The van der Waals surface area contributed by atoms with Gasteiger partial charge >= 0.3 is 0 Å².